The minimum Gasteiger partial charge on any atom is -0.496 e. The first-order valence-electron chi connectivity index (χ1n) is 8.57. The van der Waals surface area contributed by atoms with Crippen molar-refractivity contribution in [3.05, 3.63) is 95.8 Å². The van der Waals surface area contributed by atoms with Crippen LogP contribution in [0.15, 0.2) is 84.0 Å². The number of rotatable bonds is 4. The average Bonchev–Trinajstić information content (AvgIpc) is 3.14. The maximum atomic E-state index is 13.7. The molecule has 0 aliphatic carbocycles. The van der Waals surface area contributed by atoms with Crippen LogP contribution in [0.2, 0.25) is 0 Å². The second-order valence-electron chi connectivity index (χ2n) is 6.20. The Balaban J connectivity index is 1.79. The van der Waals surface area contributed by atoms with Crippen LogP contribution in [0.5, 0.6) is 5.75 Å². The van der Waals surface area contributed by atoms with E-state index < -0.39 is 0 Å². The monoisotopic (exact) mass is 346 g/mol. The molecule has 1 aliphatic rings. The lowest BCUT2D eigenvalue weighted by molar-refractivity contribution is 0.405. The van der Waals surface area contributed by atoms with Crippen molar-refractivity contribution >= 4 is 11.4 Å². The number of benzene rings is 3. The molecule has 0 saturated heterocycles. The molecule has 0 bridgehead atoms. The fraction of sp³-hybridized carbons (Fsp3) is 0.136. The molecule has 130 valence electrons. The third-order valence-electron chi connectivity index (χ3n) is 4.59. The van der Waals surface area contributed by atoms with Crippen LogP contribution >= 0.6 is 0 Å². The molecule has 0 N–H and O–H groups in total. The predicted molar refractivity (Wildman–Crippen MR) is 102 cm³/mol. The molecular formula is C22H19FN2O. The Morgan fingerprint density at radius 2 is 1.73 bits per heavy atom. The number of halogens is 1. The number of anilines is 1. The highest BCUT2D eigenvalue weighted by molar-refractivity contribution is 6.03. The van der Waals surface area contributed by atoms with Crippen LogP contribution in [-0.2, 0) is 0 Å². The van der Waals surface area contributed by atoms with E-state index in [1.165, 1.54) is 12.1 Å². The van der Waals surface area contributed by atoms with Crippen LogP contribution in [0.4, 0.5) is 10.1 Å². The molecule has 4 rings (SSSR count). The van der Waals surface area contributed by atoms with E-state index in [-0.39, 0.29) is 11.9 Å². The number of hydrogen-bond donors (Lipinski definition) is 0. The van der Waals surface area contributed by atoms with Gasteiger partial charge in [0.05, 0.1) is 24.6 Å². The van der Waals surface area contributed by atoms with Crippen molar-refractivity contribution in [3.8, 4) is 5.75 Å². The molecule has 0 spiro atoms. The van der Waals surface area contributed by atoms with Crippen LogP contribution in [0.1, 0.15) is 23.6 Å². The number of methoxy groups -OCH3 is 1. The minimum absolute atomic E-state index is 0.00758. The SMILES string of the molecule is COc1ccccc1C1CC(c2cccc(F)c2)=NN1c1ccccc1. The van der Waals surface area contributed by atoms with Gasteiger partial charge in [-0.1, -0.05) is 48.5 Å². The lowest BCUT2D eigenvalue weighted by Gasteiger charge is -2.25. The highest BCUT2D eigenvalue weighted by atomic mass is 19.1. The third kappa shape index (κ3) is 3.06. The lowest BCUT2D eigenvalue weighted by Crippen LogP contribution is -2.19. The van der Waals surface area contributed by atoms with Gasteiger partial charge in [-0.15, -0.1) is 0 Å². The summed E-state index contributed by atoms with van der Waals surface area (Å²) in [6, 6.07) is 24.6. The lowest BCUT2D eigenvalue weighted by atomic mass is 9.97. The summed E-state index contributed by atoms with van der Waals surface area (Å²) < 4.78 is 19.3. The third-order valence-corrected chi connectivity index (χ3v) is 4.59. The first kappa shape index (κ1) is 16.3. The zero-order chi connectivity index (χ0) is 17.9. The van der Waals surface area contributed by atoms with Gasteiger partial charge in [0.25, 0.3) is 0 Å². The summed E-state index contributed by atoms with van der Waals surface area (Å²) in [4.78, 5) is 0. The highest BCUT2D eigenvalue weighted by Gasteiger charge is 2.31. The fourth-order valence-corrected chi connectivity index (χ4v) is 3.36. The van der Waals surface area contributed by atoms with Crippen LogP contribution in [0, 0.1) is 5.82 Å². The van der Waals surface area contributed by atoms with Gasteiger partial charge < -0.3 is 4.74 Å². The molecule has 26 heavy (non-hydrogen) atoms. The van der Waals surface area contributed by atoms with Gasteiger partial charge in [-0.2, -0.15) is 5.10 Å². The van der Waals surface area contributed by atoms with Gasteiger partial charge in [0.15, 0.2) is 0 Å². The Hall–Kier alpha value is -3.14. The van der Waals surface area contributed by atoms with E-state index in [2.05, 4.69) is 6.07 Å². The van der Waals surface area contributed by atoms with E-state index >= 15 is 0 Å². The minimum atomic E-state index is -0.253. The zero-order valence-electron chi connectivity index (χ0n) is 14.5. The maximum Gasteiger partial charge on any atom is 0.124 e. The summed E-state index contributed by atoms with van der Waals surface area (Å²) in [5.41, 5.74) is 3.73. The van der Waals surface area contributed by atoms with Crippen molar-refractivity contribution in [2.45, 2.75) is 12.5 Å². The van der Waals surface area contributed by atoms with Gasteiger partial charge >= 0.3 is 0 Å². The molecule has 0 aromatic heterocycles. The molecule has 0 saturated carbocycles. The van der Waals surface area contributed by atoms with Gasteiger partial charge in [-0.25, -0.2) is 4.39 Å². The van der Waals surface area contributed by atoms with Crippen molar-refractivity contribution in [2.24, 2.45) is 5.10 Å². The highest BCUT2D eigenvalue weighted by Crippen LogP contribution is 2.40. The second kappa shape index (κ2) is 7.00. The molecule has 0 radical (unpaired) electrons. The first-order chi connectivity index (χ1) is 12.8. The smallest absolute Gasteiger partial charge is 0.124 e. The molecule has 0 amide bonds. The van der Waals surface area contributed by atoms with Crippen LogP contribution in [0.3, 0.4) is 0 Å². The van der Waals surface area contributed by atoms with E-state index in [1.54, 1.807) is 13.2 Å². The summed E-state index contributed by atoms with van der Waals surface area (Å²) >= 11 is 0. The van der Waals surface area contributed by atoms with E-state index in [0.29, 0.717) is 6.42 Å². The second-order valence-corrected chi connectivity index (χ2v) is 6.20. The molecule has 3 nitrogen and oxygen atoms in total. The first-order valence-corrected chi connectivity index (χ1v) is 8.57. The topological polar surface area (TPSA) is 24.8 Å². The number of hydrazone groups is 1. The van der Waals surface area contributed by atoms with E-state index in [9.17, 15) is 4.39 Å². The molecule has 3 aromatic rings. The van der Waals surface area contributed by atoms with Crippen molar-refractivity contribution in [3.63, 3.8) is 0 Å². The standard InChI is InChI=1S/C22H19FN2O/c1-26-22-13-6-5-12-19(22)21-15-20(16-8-7-9-17(23)14-16)24-25(21)18-10-3-2-4-11-18/h2-14,21H,15H2,1H3. The van der Waals surface area contributed by atoms with Crippen molar-refractivity contribution in [2.75, 3.05) is 12.1 Å². The Bertz CT molecular complexity index is 940. The molecule has 1 heterocycles. The van der Waals surface area contributed by atoms with Crippen LogP contribution in [-0.4, -0.2) is 12.8 Å². The number of nitrogens with zero attached hydrogens (tertiary/aromatic N) is 2. The van der Waals surface area contributed by atoms with E-state index in [1.807, 2.05) is 59.6 Å². The fourth-order valence-electron chi connectivity index (χ4n) is 3.36. The predicted octanol–water partition coefficient (Wildman–Crippen LogP) is 5.19. The molecule has 1 atom stereocenters. The number of para-hydroxylation sites is 2. The Kier molecular flexibility index (Phi) is 4.40. The summed E-state index contributed by atoms with van der Waals surface area (Å²) in [7, 11) is 1.68. The number of ether oxygens (including phenoxy) is 1. The van der Waals surface area contributed by atoms with Gasteiger partial charge in [0, 0.05) is 17.5 Å². The van der Waals surface area contributed by atoms with Crippen molar-refractivity contribution < 1.29 is 9.13 Å². The molecule has 0 fully saturated rings. The van der Waals surface area contributed by atoms with E-state index in [4.69, 9.17) is 9.84 Å². The van der Waals surface area contributed by atoms with Crippen LogP contribution in [0.25, 0.3) is 0 Å². The largest absolute Gasteiger partial charge is 0.496 e. The Morgan fingerprint density at radius 1 is 0.962 bits per heavy atom. The Labute approximate surface area is 152 Å². The van der Waals surface area contributed by atoms with Crippen molar-refractivity contribution in [1.29, 1.82) is 0 Å². The molecule has 4 heteroatoms. The number of hydrogen-bond acceptors (Lipinski definition) is 3. The molecule has 1 unspecified atom stereocenters. The van der Waals surface area contributed by atoms with Gasteiger partial charge in [-0.05, 0) is 30.3 Å². The quantitative estimate of drug-likeness (QED) is 0.649. The average molecular weight is 346 g/mol. The molecular weight excluding hydrogens is 327 g/mol. The zero-order valence-corrected chi connectivity index (χ0v) is 14.5. The van der Waals surface area contributed by atoms with Crippen LogP contribution < -0.4 is 9.75 Å². The van der Waals surface area contributed by atoms with Gasteiger partial charge in [0.2, 0.25) is 0 Å². The Morgan fingerprint density at radius 3 is 2.50 bits per heavy atom. The summed E-state index contributed by atoms with van der Waals surface area (Å²) in [6.07, 6.45) is 0.679. The summed E-state index contributed by atoms with van der Waals surface area (Å²) in [5, 5.41) is 6.83. The maximum absolute atomic E-state index is 13.7. The molecule has 3 aromatic carbocycles. The van der Waals surface area contributed by atoms with E-state index in [0.717, 1.165) is 28.3 Å². The van der Waals surface area contributed by atoms with Crippen molar-refractivity contribution in [1.82, 2.24) is 0 Å². The molecule has 1 aliphatic heterocycles. The summed E-state index contributed by atoms with van der Waals surface area (Å²) in [6.45, 7) is 0. The summed E-state index contributed by atoms with van der Waals surface area (Å²) in [5.74, 6) is 0.575. The van der Waals surface area contributed by atoms with Gasteiger partial charge in [0.1, 0.15) is 11.6 Å². The van der Waals surface area contributed by atoms with Gasteiger partial charge in [-0.3, -0.25) is 5.01 Å². The normalized spacial score (nSPS) is 16.5.